The van der Waals surface area contributed by atoms with Crippen LogP contribution in [0.5, 0.6) is 0 Å². The van der Waals surface area contributed by atoms with Gasteiger partial charge < -0.3 is 5.21 Å². The largest absolute Gasteiger partial charge is 0.426 e. The molecule has 0 atom stereocenters. The monoisotopic (exact) mass is 301 g/mol. The summed E-state index contributed by atoms with van der Waals surface area (Å²) in [6, 6.07) is 5.28. The Morgan fingerprint density at radius 2 is 1.86 bits per heavy atom. The van der Waals surface area contributed by atoms with E-state index in [1.165, 1.54) is 24.3 Å². The number of fused-ring (bicyclic) bond motifs is 1. The molecule has 2 aromatic rings. The maximum absolute atomic E-state index is 12.4. The lowest BCUT2D eigenvalue weighted by molar-refractivity contribution is -0.384. The Bertz CT molecular complexity index is 734. The lowest BCUT2D eigenvalue weighted by Crippen LogP contribution is -2.11. The summed E-state index contributed by atoms with van der Waals surface area (Å²) in [7, 11) is 0. The van der Waals surface area contributed by atoms with E-state index in [1.54, 1.807) is 0 Å². The minimum Gasteiger partial charge on any atom is -0.426 e. The Hall–Kier alpha value is -2.70. The molecule has 0 saturated heterocycles. The van der Waals surface area contributed by atoms with Crippen LogP contribution in [0, 0.1) is 10.1 Å². The highest BCUT2D eigenvalue weighted by atomic mass is 16.6. The predicted octanol–water partition coefficient (Wildman–Crippen LogP) is 2.53. The fourth-order valence-electron chi connectivity index (χ4n) is 2.71. The summed E-state index contributed by atoms with van der Waals surface area (Å²) in [5.41, 5.74) is 1.65. The van der Waals surface area contributed by atoms with Crippen LogP contribution in [0.4, 0.5) is 5.69 Å². The number of ketones is 1. The van der Waals surface area contributed by atoms with E-state index in [1.807, 2.05) is 0 Å². The van der Waals surface area contributed by atoms with Crippen molar-refractivity contribution >= 4 is 11.5 Å². The molecule has 1 aromatic heterocycles. The second-order valence-corrected chi connectivity index (χ2v) is 5.33. The number of imidazole rings is 1. The number of nitro benzene ring substituents is 1. The molecule has 0 aliphatic heterocycles. The van der Waals surface area contributed by atoms with Crippen molar-refractivity contribution in [3.63, 3.8) is 0 Å². The summed E-state index contributed by atoms with van der Waals surface area (Å²) in [5.74, 6) is -0.466. The first-order valence-corrected chi connectivity index (χ1v) is 7.17. The minimum atomic E-state index is -0.524. The second-order valence-electron chi connectivity index (χ2n) is 5.33. The zero-order chi connectivity index (χ0) is 15.7. The van der Waals surface area contributed by atoms with Crippen LogP contribution >= 0.6 is 0 Å². The maximum atomic E-state index is 12.4. The fraction of sp³-hybridized carbons (Fsp3) is 0.333. The van der Waals surface area contributed by atoms with Gasteiger partial charge >= 0.3 is 0 Å². The van der Waals surface area contributed by atoms with E-state index in [2.05, 4.69) is 4.98 Å². The molecular weight excluding hydrogens is 286 g/mol. The normalized spacial score (nSPS) is 14.2. The molecule has 1 N–H and O–H groups in total. The Labute approximate surface area is 126 Å². The molecule has 1 heterocycles. The molecule has 0 amide bonds. The van der Waals surface area contributed by atoms with Crippen molar-refractivity contribution in [3.8, 4) is 0 Å². The predicted molar refractivity (Wildman–Crippen MR) is 77.2 cm³/mol. The van der Waals surface area contributed by atoms with Gasteiger partial charge in [0.1, 0.15) is 0 Å². The van der Waals surface area contributed by atoms with E-state index in [0.29, 0.717) is 12.1 Å². The zero-order valence-corrected chi connectivity index (χ0v) is 11.9. The Morgan fingerprint density at radius 3 is 2.55 bits per heavy atom. The van der Waals surface area contributed by atoms with E-state index in [0.717, 1.165) is 36.1 Å². The van der Waals surface area contributed by atoms with Crippen molar-refractivity contribution in [1.82, 2.24) is 9.71 Å². The number of benzene rings is 1. The van der Waals surface area contributed by atoms with Crippen LogP contribution in [0.3, 0.4) is 0 Å². The minimum absolute atomic E-state index is 0.0271. The van der Waals surface area contributed by atoms with E-state index in [-0.39, 0.29) is 17.1 Å². The smallest absolute Gasteiger partial charge is 0.269 e. The third kappa shape index (κ3) is 2.45. The highest BCUT2D eigenvalue weighted by molar-refractivity contribution is 6.06. The van der Waals surface area contributed by atoms with Gasteiger partial charge in [-0.05, 0) is 37.8 Å². The van der Waals surface area contributed by atoms with Gasteiger partial charge in [0.25, 0.3) is 5.69 Å². The number of aromatic nitrogens is 2. The van der Waals surface area contributed by atoms with Gasteiger partial charge in [0, 0.05) is 17.7 Å². The summed E-state index contributed by atoms with van der Waals surface area (Å²) in [6.45, 7) is 0. The molecular formula is C15H15N3O4. The van der Waals surface area contributed by atoms with Gasteiger partial charge in [-0.25, -0.2) is 4.98 Å². The number of aryl methyl sites for hydroxylation is 1. The summed E-state index contributed by atoms with van der Waals surface area (Å²) in [6.07, 6.45) is 4.50. The SMILES string of the molecule is O=C(c1ccc([N+](=O)[O-])cc1)c1nc2c(n1O)CCCCC2. The van der Waals surface area contributed by atoms with Gasteiger partial charge in [-0.15, -0.1) is 0 Å². The van der Waals surface area contributed by atoms with Crippen LogP contribution in [-0.4, -0.2) is 25.6 Å². The van der Waals surface area contributed by atoms with Crippen LogP contribution in [-0.2, 0) is 12.8 Å². The molecule has 0 spiro atoms. The number of nitrogens with zero attached hydrogens (tertiary/aromatic N) is 3. The van der Waals surface area contributed by atoms with E-state index in [4.69, 9.17) is 0 Å². The van der Waals surface area contributed by atoms with Gasteiger partial charge in [-0.1, -0.05) is 6.42 Å². The summed E-state index contributed by atoms with van der Waals surface area (Å²) >= 11 is 0. The lowest BCUT2D eigenvalue weighted by Gasteiger charge is -2.03. The second kappa shape index (κ2) is 5.59. The first kappa shape index (κ1) is 14.2. The maximum Gasteiger partial charge on any atom is 0.269 e. The zero-order valence-electron chi connectivity index (χ0n) is 11.9. The standard InChI is InChI=1S/C15H15N3O4/c19-14(10-6-8-11(9-7-10)18(21)22)15-16-12-4-2-1-3-5-13(12)17(15)20/h6-9,20H,1-5H2. The first-order chi connectivity index (χ1) is 10.6. The highest BCUT2D eigenvalue weighted by Crippen LogP contribution is 2.22. The average Bonchev–Trinajstić information content (AvgIpc) is 2.70. The van der Waals surface area contributed by atoms with Crippen LogP contribution < -0.4 is 0 Å². The summed E-state index contributed by atoms with van der Waals surface area (Å²) in [5, 5.41) is 20.8. The molecule has 1 aromatic carbocycles. The Kier molecular flexibility index (Phi) is 3.62. The molecule has 7 heteroatoms. The molecule has 7 nitrogen and oxygen atoms in total. The number of rotatable bonds is 3. The Morgan fingerprint density at radius 1 is 1.18 bits per heavy atom. The Balaban J connectivity index is 1.93. The molecule has 1 aliphatic carbocycles. The van der Waals surface area contributed by atoms with Crippen molar-refractivity contribution in [2.24, 2.45) is 0 Å². The van der Waals surface area contributed by atoms with Crippen LogP contribution in [0.1, 0.15) is 46.8 Å². The lowest BCUT2D eigenvalue weighted by atomic mass is 10.1. The van der Waals surface area contributed by atoms with E-state index in [9.17, 15) is 20.1 Å². The number of non-ortho nitro benzene ring substituents is 1. The first-order valence-electron chi connectivity index (χ1n) is 7.17. The van der Waals surface area contributed by atoms with Gasteiger partial charge in [-0.2, -0.15) is 4.73 Å². The third-order valence-corrected chi connectivity index (χ3v) is 3.90. The third-order valence-electron chi connectivity index (χ3n) is 3.90. The van der Waals surface area contributed by atoms with Crippen molar-refractivity contribution in [2.45, 2.75) is 32.1 Å². The molecule has 1 aliphatic rings. The van der Waals surface area contributed by atoms with Crippen molar-refractivity contribution < 1.29 is 14.9 Å². The summed E-state index contributed by atoms with van der Waals surface area (Å²) in [4.78, 5) is 26.8. The number of hydrogen-bond donors (Lipinski definition) is 1. The van der Waals surface area contributed by atoms with Crippen molar-refractivity contribution in [2.75, 3.05) is 0 Å². The van der Waals surface area contributed by atoms with Crippen LogP contribution in [0.2, 0.25) is 0 Å². The summed E-state index contributed by atoms with van der Waals surface area (Å²) < 4.78 is 0.879. The molecule has 0 unspecified atom stereocenters. The number of nitro groups is 1. The quantitative estimate of drug-likeness (QED) is 0.309. The molecule has 114 valence electrons. The highest BCUT2D eigenvalue weighted by Gasteiger charge is 2.24. The van der Waals surface area contributed by atoms with Crippen LogP contribution in [0.25, 0.3) is 0 Å². The fourth-order valence-corrected chi connectivity index (χ4v) is 2.71. The van der Waals surface area contributed by atoms with E-state index >= 15 is 0 Å². The van der Waals surface area contributed by atoms with E-state index < -0.39 is 10.7 Å². The van der Waals surface area contributed by atoms with Crippen LogP contribution in [0.15, 0.2) is 24.3 Å². The van der Waals surface area contributed by atoms with Gasteiger partial charge in [0.15, 0.2) is 0 Å². The van der Waals surface area contributed by atoms with Crippen molar-refractivity contribution in [3.05, 3.63) is 57.2 Å². The average molecular weight is 301 g/mol. The number of carbonyl (C=O) groups excluding carboxylic acids is 1. The van der Waals surface area contributed by atoms with Gasteiger partial charge in [0.05, 0.1) is 16.3 Å². The number of carbonyl (C=O) groups is 1. The van der Waals surface area contributed by atoms with Gasteiger partial charge in [-0.3, -0.25) is 14.9 Å². The van der Waals surface area contributed by atoms with Gasteiger partial charge in [0.2, 0.25) is 11.6 Å². The molecule has 0 fully saturated rings. The molecule has 3 rings (SSSR count). The van der Waals surface area contributed by atoms with Crippen molar-refractivity contribution in [1.29, 1.82) is 0 Å². The number of hydrogen-bond acceptors (Lipinski definition) is 5. The molecule has 0 saturated carbocycles. The molecule has 22 heavy (non-hydrogen) atoms. The molecule has 0 radical (unpaired) electrons. The molecule has 0 bridgehead atoms. The topological polar surface area (TPSA) is 98.3 Å².